The monoisotopic (exact) mass is 688 g/mol. The lowest BCUT2D eigenvalue weighted by atomic mass is 9.81. The van der Waals surface area contributed by atoms with Crippen LogP contribution in [0.4, 0.5) is 0 Å². The van der Waals surface area contributed by atoms with Crippen molar-refractivity contribution < 1.29 is 5.71 Å². The van der Waals surface area contributed by atoms with Crippen LogP contribution in [-0.2, 0) is 5.41 Å². The van der Waals surface area contributed by atoms with Crippen LogP contribution >= 0.6 is 0 Å². The molecule has 4 heteroatoms. The molecule has 0 amide bonds. The summed E-state index contributed by atoms with van der Waals surface area (Å²) in [5, 5.41) is 2.38. The van der Waals surface area contributed by atoms with E-state index in [9.17, 15) is 0 Å². The van der Waals surface area contributed by atoms with Gasteiger partial charge in [0.2, 0.25) is 0 Å². The summed E-state index contributed by atoms with van der Waals surface area (Å²) >= 11 is 0. The van der Waals surface area contributed by atoms with Crippen molar-refractivity contribution in [2.75, 3.05) is 0 Å². The van der Waals surface area contributed by atoms with Crippen LogP contribution in [0, 0.1) is 6.92 Å². The van der Waals surface area contributed by atoms with Crippen molar-refractivity contribution in [1.82, 2.24) is 19.5 Å². The fraction of sp³-hybridized carbons (Fsp3) is 0.0816. The van der Waals surface area contributed by atoms with Crippen molar-refractivity contribution in [1.29, 1.82) is 0 Å². The van der Waals surface area contributed by atoms with E-state index in [0.29, 0.717) is 17.5 Å². The Kier molecular flexibility index (Phi) is 7.02. The number of hydrogen-bond donors (Lipinski definition) is 0. The van der Waals surface area contributed by atoms with Gasteiger partial charge in [0.1, 0.15) is 0 Å². The summed E-state index contributed by atoms with van der Waals surface area (Å²) in [5.74, 6) is 1.96. The molecule has 0 unspecified atom stereocenters. The summed E-state index contributed by atoms with van der Waals surface area (Å²) in [6.07, 6.45) is 0. The minimum Gasteiger partial charge on any atom is -0.309 e. The van der Waals surface area contributed by atoms with E-state index in [-0.39, 0.29) is 11.1 Å². The van der Waals surface area contributed by atoms with Gasteiger partial charge in [-0.25, -0.2) is 15.0 Å². The molecular weight excluding hydrogens is 645 g/mol. The first-order valence-electron chi connectivity index (χ1n) is 18.2. The number of hydrogen-bond acceptors (Lipinski definition) is 3. The zero-order valence-electron chi connectivity index (χ0n) is 29.9. The minimum atomic E-state index is -0.178. The van der Waals surface area contributed by atoms with Gasteiger partial charge in [0.25, 0.3) is 0 Å². The molecule has 2 aromatic heterocycles. The Morgan fingerprint density at radius 3 is 1.58 bits per heavy atom. The van der Waals surface area contributed by atoms with Crippen LogP contribution in [-0.4, -0.2) is 19.5 Å². The van der Waals surface area contributed by atoms with Gasteiger partial charge in [0.15, 0.2) is 17.5 Å². The van der Waals surface area contributed by atoms with E-state index < -0.39 is 0 Å². The molecule has 0 atom stereocenters. The smallest absolute Gasteiger partial charge is 0.164 e. The number of aromatic nitrogens is 4. The lowest BCUT2D eigenvalue weighted by molar-refractivity contribution is 0.661. The summed E-state index contributed by atoms with van der Waals surface area (Å²) < 4.78 is 2.41. The summed E-state index contributed by atoms with van der Waals surface area (Å²) in [4.78, 5) is 15.1. The first-order chi connectivity index (χ1) is 25.9. The molecule has 4 nitrogen and oxygen atoms in total. The average molecular weight is 689 g/mol. The molecule has 0 bridgehead atoms. The van der Waals surface area contributed by atoms with Crippen LogP contribution in [0.5, 0.6) is 0 Å². The molecule has 10 rings (SSSR count). The molecule has 0 aliphatic heterocycles. The van der Waals surface area contributed by atoms with Gasteiger partial charge in [0.05, 0.1) is 11.0 Å². The molecular formula is C49H44N4. The van der Waals surface area contributed by atoms with Crippen molar-refractivity contribution in [2.45, 2.75) is 26.2 Å². The van der Waals surface area contributed by atoms with E-state index in [4.69, 9.17) is 15.0 Å². The van der Waals surface area contributed by atoms with Gasteiger partial charge in [0, 0.05) is 44.3 Å². The van der Waals surface area contributed by atoms with Gasteiger partial charge in [-0.05, 0) is 88.8 Å². The van der Waals surface area contributed by atoms with Crippen molar-refractivity contribution in [3.05, 3.63) is 180 Å². The first-order valence-corrected chi connectivity index (χ1v) is 18.2. The fourth-order valence-corrected chi connectivity index (χ4v) is 8.11. The van der Waals surface area contributed by atoms with E-state index in [1.807, 2.05) is 36.4 Å². The van der Waals surface area contributed by atoms with E-state index in [1.54, 1.807) is 0 Å². The Bertz CT molecular complexity index is 2800. The van der Waals surface area contributed by atoms with Crippen molar-refractivity contribution in [3.63, 3.8) is 0 Å². The number of fused-ring (bicyclic) bond motifs is 6. The molecule has 0 radical (unpaired) electrons. The highest BCUT2D eigenvalue weighted by molar-refractivity contribution is 6.12. The lowest BCUT2D eigenvalue weighted by Gasteiger charge is -2.22. The molecule has 260 valence electrons. The first kappa shape index (κ1) is 31.1. The van der Waals surface area contributed by atoms with Crippen LogP contribution in [0.25, 0.3) is 83.9 Å². The number of nitrogens with zero attached hydrogens (tertiary/aromatic N) is 4. The molecule has 0 saturated heterocycles. The maximum Gasteiger partial charge on any atom is 0.164 e. The molecule has 9 aromatic rings. The SMILES string of the molecule is Cc1ccc(-n2c3ccc(-c4nc(-c5ccccc5)nc(-c5ccccc5)n4)cc3c3cc4c(cc32)-c2ccc(-c3ccccc3)cc2C4(C)C)cc1.[HH].[HH].[HH].[HH]. The normalized spacial score (nSPS) is 13.0. The third-order valence-electron chi connectivity index (χ3n) is 10.9. The van der Waals surface area contributed by atoms with Crippen LogP contribution in [0.2, 0.25) is 0 Å². The van der Waals surface area contributed by atoms with Crippen molar-refractivity contribution in [2.24, 2.45) is 0 Å². The summed E-state index contributed by atoms with van der Waals surface area (Å²) in [5.41, 5.74) is 15.2. The molecule has 0 fully saturated rings. The van der Waals surface area contributed by atoms with Crippen LogP contribution < -0.4 is 0 Å². The highest BCUT2D eigenvalue weighted by atomic mass is 15.0. The molecule has 2 heterocycles. The minimum absolute atomic E-state index is 0. The van der Waals surface area contributed by atoms with Gasteiger partial charge < -0.3 is 4.57 Å². The molecule has 0 saturated carbocycles. The predicted octanol–water partition coefficient (Wildman–Crippen LogP) is 13.2. The zero-order chi connectivity index (χ0) is 35.7. The van der Waals surface area contributed by atoms with Gasteiger partial charge >= 0.3 is 0 Å². The Hall–Kier alpha value is -6.65. The zero-order valence-corrected chi connectivity index (χ0v) is 29.9. The predicted molar refractivity (Wildman–Crippen MR) is 227 cm³/mol. The van der Waals surface area contributed by atoms with Gasteiger partial charge in [-0.1, -0.05) is 135 Å². The third kappa shape index (κ3) is 5.09. The van der Waals surface area contributed by atoms with Crippen LogP contribution in [0.15, 0.2) is 164 Å². The van der Waals surface area contributed by atoms with Crippen molar-refractivity contribution in [3.8, 4) is 62.1 Å². The molecule has 7 aromatic carbocycles. The second-order valence-corrected chi connectivity index (χ2v) is 14.6. The summed E-state index contributed by atoms with van der Waals surface area (Å²) in [7, 11) is 0. The Labute approximate surface area is 315 Å². The molecule has 0 spiro atoms. The maximum absolute atomic E-state index is 5.07. The quantitative estimate of drug-likeness (QED) is 0.181. The largest absolute Gasteiger partial charge is 0.309 e. The van der Waals surface area contributed by atoms with Gasteiger partial charge in [-0.2, -0.15) is 0 Å². The standard InChI is InChI=1S/C49H36N4.4H2/c1-31-19-23-37(24-20-31)53-44-26-22-36(48-51-46(33-15-9-5-10-16-33)50-47(52-48)34-17-11-6-12-18-34)27-40(44)41-29-43-39(30-45(41)53)38-25-21-35(28-42(38)49(43,2)3)32-13-7-4-8-14-32;;;;/h4-30H,1-3H3;4*1H. The summed E-state index contributed by atoms with van der Waals surface area (Å²) in [6.45, 7) is 6.87. The van der Waals surface area contributed by atoms with Gasteiger partial charge in [-0.3, -0.25) is 0 Å². The summed E-state index contributed by atoms with van der Waals surface area (Å²) in [6, 6.07) is 58.4. The highest BCUT2D eigenvalue weighted by Crippen LogP contribution is 2.52. The Morgan fingerprint density at radius 2 is 0.962 bits per heavy atom. The number of rotatable bonds is 5. The molecule has 53 heavy (non-hydrogen) atoms. The molecule has 0 N–H and O–H groups in total. The average Bonchev–Trinajstić information content (AvgIpc) is 3.65. The highest BCUT2D eigenvalue weighted by Gasteiger charge is 2.36. The number of aryl methyl sites for hydroxylation is 1. The lowest BCUT2D eigenvalue weighted by Crippen LogP contribution is -2.15. The fourth-order valence-electron chi connectivity index (χ4n) is 8.11. The van der Waals surface area contributed by atoms with Gasteiger partial charge in [-0.15, -0.1) is 0 Å². The van der Waals surface area contributed by atoms with Crippen molar-refractivity contribution >= 4 is 21.8 Å². The van der Waals surface area contributed by atoms with E-state index >= 15 is 0 Å². The van der Waals surface area contributed by atoms with Crippen LogP contribution in [0.1, 0.15) is 36.2 Å². The second kappa shape index (κ2) is 12.0. The number of benzene rings is 7. The second-order valence-electron chi connectivity index (χ2n) is 14.6. The maximum atomic E-state index is 5.07. The topological polar surface area (TPSA) is 43.6 Å². The third-order valence-corrected chi connectivity index (χ3v) is 10.9. The van der Waals surface area contributed by atoms with E-state index in [1.165, 1.54) is 55.2 Å². The van der Waals surface area contributed by atoms with E-state index in [0.717, 1.165) is 27.9 Å². The van der Waals surface area contributed by atoms with Crippen LogP contribution in [0.3, 0.4) is 0 Å². The Balaban J connectivity index is 0.00000137. The molecule has 1 aliphatic carbocycles. The molecule has 1 aliphatic rings. The van der Waals surface area contributed by atoms with E-state index in [2.05, 4.69) is 153 Å². The Morgan fingerprint density at radius 1 is 0.434 bits per heavy atom.